The smallest absolute Gasteiger partial charge is 0.310 e. The standard InChI is InChI=1S/C13H15ClFNO2/c1-16-6-8(9(7-16)13(17)18-2)12-10(14)4-3-5-11(12)15/h3-5,8-9H,6-7H2,1-2H3. The second-order valence-corrected chi connectivity index (χ2v) is 5.00. The van der Waals surface area contributed by atoms with Crippen molar-refractivity contribution in [1.29, 1.82) is 0 Å². The normalized spacial score (nSPS) is 24.2. The second-order valence-electron chi connectivity index (χ2n) is 4.59. The van der Waals surface area contributed by atoms with Crippen LogP contribution in [0.2, 0.25) is 5.02 Å². The van der Waals surface area contributed by atoms with Crippen LogP contribution >= 0.6 is 11.6 Å². The van der Waals surface area contributed by atoms with Crippen molar-refractivity contribution < 1.29 is 13.9 Å². The third-order valence-corrected chi connectivity index (χ3v) is 3.71. The van der Waals surface area contributed by atoms with Crippen LogP contribution in [0.1, 0.15) is 11.5 Å². The van der Waals surface area contributed by atoms with Crippen molar-refractivity contribution in [3.63, 3.8) is 0 Å². The van der Waals surface area contributed by atoms with Crippen LogP contribution in [0.15, 0.2) is 18.2 Å². The van der Waals surface area contributed by atoms with Gasteiger partial charge in [-0.1, -0.05) is 17.7 Å². The molecule has 1 saturated heterocycles. The molecule has 2 atom stereocenters. The molecule has 0 bridgehead atoms. The van der Waals surface area contributed by atoms with Crippen LogP contribution in [0.3, 0.4) is 0 Å². The van der Waals surface area contributed by atoms with Gasteiger partial charge in [0, 0.05) is 29.6 Å². The minimum atomic E-state index is -0.366. The summed E-state index contributed by atoms with van der Waals surface area (Å²) in [6.45, 7) is 1.16. The van der Waals surface area contributed by atoms with Crippen molar-refractivity contribution in [2.75, 3.05) is 27.2 Å². The average Bonchev–Trinajstić information content (AvgIpc) is 2.70. The van der Waals surface area contributed by atoms with Crippen LogP contribution in [-0.2, 0) is 9.53 Å². The van der Waals surface area contributed by atoms with Crippen molar-refractivity contribution in [3.8, 4) is 0 Å². The van der Waals surface area contributed by atoms with E-state index in [9.17, 15) is 9.18 Å². The van der Waals surface area contributed by atoms with Gasteiger partial charge in [0.05, 0.1) is 13.0 Å². The van der Waals surface area contributed by atoms with E-state index >= 15 is 0 Å². The number of benzene rings is 1. The minimum Gasteiger partial charge on any atom is -0.469 e. The van der Waals surface area contributed by atoms with Gasteiger partial charge in [0.15, 0.2) is 0 Å². The highest BCUT2D eigenvalue weighted by Gasteiger charge is 2.39. The zero-order chi connectivity index (χ0) is 13.3. The number of hydrogen-bond acceptors (Lipinski definition) is 3. The van der Waals surface area contributed by atoms with Crippen LogP contribution in [-0.4, -0.2) is 38.1 Å². The number of hydrogen-bond donors (Lipinski definition) is 0. The van der Waals surface area contributed by atoms with E-state index in [1.54, 1.807) is 12.1 Å². The molecule has 5 heteroatoms. The molecule has 1 heterocycles. The number of methoxy groups -OCH3 is 1. The molecule has 1 aromatic carbocycles. The Morgan fingerprint density at radius 3 is 2.83 bits per heavy atom. The van der Waals surface area contributed by atoms with Crippen molar-refractivity contribution in [3.05, 3.63) is 34.6 Å². The SMILES string of the molecule is COC(=O)C1CN(C)CC1c1c(F)cccc1Cl. The molecule has 1 aliphatic heterocycles. The molecule has 18 heavy (non-hydrogen) atoms. The molecule has 0 aliphatic carbocycles. The zero-order valence-corrected chi connectivity index (χ0v) is 11.1. The van der Waals surface area contributed by atoms with Crippen LogP contribution < -0.4 is 0 Å². The Bertz CT molecular complexity index is 446. The van der Waals surface area contributed by atoms with Gasteiger partial charge in [-0.3, -0.25) is 4.79 Å². The number of likely N-dealkylation sites (N-methyl/N-ethyl adjacent to an activating group) is 1. The van der Waals surface area contributed by atoms with E-state index in [0.29, 0.717) is 23.7 Å². The fourth-order valence-electron chi connectivity index (χ4n) is 2.55. The van der Waals surface area contributed by atoms with Crippen LogP contribution in [0.25, 0.3) is 0 Å². The van der Waals surface area contributed by atoms with Gasteiger partial charge < -0.3 is 9.64 Å². The highest BCUT2D eigenvalue weighted by Crippen LogP contribution is 2.37. The lowest BCUT2D eigenvalue weighted by molar-refractivity contribution is -0.145. The Hall–Kier alpha value is -1.13. The van der Waals surface area contributed by atoms with Gasteiger partial charge in [0.25, 0.3) is 0 Å². The minimum absolute atomic E-state index is 0.254. The number of likely N-dealkylation sites (tertiary alicyclic amines) is 1. The van der Waals surface area contributed by atoms with Gasteiger partial charge >= 0.3 is 5.97 Å². The summed E-state index contributed by atoms with van der Waals surface area (Å²) < 4.78 is 18.7. The molecule has 0 radical (unpaired) electrons. The van der Waals surface area contributed by atoms with Gasteiger partial charge in [-0.05, 0) is 19.2 Å². The number of carbonyl (C=O) groups excluding carboxylic acids is 1. The number of ether oxygens (including phenoxy) is 1. The number of nitrogens with zero attached hydrogens (tertiary/aromatic N) is 1. The van der Waals surface area contributed by atoms with Crippen LogP contribution in [0, 0.1) is 11.7 Å². The van der Waals surface area contributed by atoms with Crippen LogP contribution in [0.5, 0.6) is 0 Å². The number of halogens is 2. The van der Waals surface area contributed by atoms with E-state index in [-0.39, 0.29) is 23.6 Å². The van der Waals surface area contributed by atoms with E-state index < -0.39 is 0 Å². The monoisotopic (exact) mass is 271 g/mol. The molecular weight excluding hydrogens is 257 g/mol. The first-order chi connectivity index (χ1) is 8.54. The summed E-state index contributed by atoms with van der Waals surface area (Å²) >= 11 is 6.06. The molecular formula is C13H15ClFNO2. The zero-order valence-electron chi connectivity index (χ0n) is 10.3. The molecule has 2 rings (SSSR count). The Labute approximate surface area is 110 Å². The van der Waals surface area contributed by atoms with E-state index in [4.69, 9.17) is 16.3 Å². The molecule has 1 aromatic rings. The molecule has 0 amide bonds. The maximum absolute atomic E-state index is 13.9. The van der Waals surface area contributed by atoms with E-state index in [1.807, 2.05) is 11.9 Å². The summed E-state index contributed by atoms with van der Waals surface area (Å²) in [6, 6.07) is 4.58. The predicted molar refractivity (Wildman–Crippen MR) is 67.2 cm³/mol. The van der Waals surface area contributed by atoms with Crippen molar-refractivity contribution in [2.24, 2.45) is 5.92 Å². The van der Waals surface area contributed by atoms with E-state index in [0.717, 1.165) is 0 Å². The molecule has 0 N–H and O–H groups in total. The largest absolute Gasteiger partial charge is 0.469 e. The summed E-state index contributed by atoms with van der Waals surface area (Å²) in [5, 5.41) is 0.365. The highest BCUT2D eigenvalue weighted by molar-refractivity contribution is 6.31. The van der Waals surface area contributed by atoms with Crippen molar-refractivity contribution >= 4 is 17.6 Å². The second kappa shape index (κ2) is 5.24. The molecule has 1 aliphatic rings. The molecule has 0 aromatic heterocycles. The fourth-order valence-corrected chi connectivity index (χ4v) is 2.85. The molecule has 1 fully saturated rings. The number of esters is 1. The first-order valence-electron chi connectivity index (χ1n) is 5.75. The maximum atomic E-state index is 13.9. The first kappa shape index (κ1) is 13.3. The maximum Gasteiger partial charge on any atom is 0.310 e. The van der Waals surface area contributed by atoms with Gasteiger partial charge in [-0.15, -0.1) is 0 Å². The number of carbonyl (C=O) groups is 1. The van der Waals surface area contributed by atoms with Gasteiger partial charge in [0.1, 0.15) is 5.82 Å². The lowest BCUT2D eigenvalue weighted by Crippen LogP contribution is -2.23. The summed E-state index contributed by atoms with van der Waals surface area (Å²) in [5.74, 6) is -1.30. The van der Waals surface area contributed by atoms with E-state index in [2.05, 4.69) is 0 Å². The summed E-state index contributed by atoms with van der Waals surface area (Å²) in [5.41, 5.74) is 0.416. The average molecular weight is 272 g/mol. The fraction of sp³-hybridized carbons (Fsp3) is 0.462. The molecule has 2 unspecified atom stereocenters. The van der Waals surface area contributed by atoms with E-state index in [1.165, 1.54) is 13.2 Å². The quantitative estimate of drug-likeness (QED) is 0.773. The summed E-state index contributed by atoms with van der Waals surface area (Å²) in [4.78, 5) is 13.7. The summed E-state index contributed by atoms with van der Waals surface area (Å²) in [7, 11) is 3.24. The lowest BCUT2D eigenvalue weighted by Gasteiger charge is -2.18. The third-order valence-electron chi connectivity index (χ3n) is 3.38. The third kappa shape index (κ3) is 2.35. The Morgan fingerprint density at radius 1 is 1.50 bits per heavy atom. The predicted octanol–water partition coefficient (Wildman–Crippen LogP) is 2.30. The summed E-state index contributed by atoms with van der Waals surface area (Å²) in [6.07, 6.45) is 0. The van der Waals surface area contributed by atoms with Gasteiger partial charge in [0.2, 0.25) is 0 Å². The highest BCUT2D eigenvalue weighted by atomic mass is 35.5. The molecule has 3 nitrogen and oxygen atoms in total. The molecule has 0 saturated carbocycles. The Kier molecular flexibility index (Phi) is 3.88. The van der Waals surface area contributed by atoms with Gasteiger partial charge in [-0.2, -0.15) is 0 Å². The molecule has 0 spiro atoms. The lowest BCUT2D eigenvalue weighted by atomic mass is 9.88. The van der Waals surface area contributed by atoms with Crippen molar-refractivity contribution in [2.45, 2.75) is 5.92 Å². The number of rotatable bonds is 2. The first-order valence-corrected chi connectivity index (χ1v) is 6.12. The Morgan fingerprint density at radius 2 is 2.22 bits per heavy atom. The van der Waals surface area contributed by atoms with Gasteiger partial charge in [-0.25, -0.2) is 4.39 Å². The topological polar surface area (TPSA) is 29.5 Å². The molecule has 98 valence electrons. The Balaban J connectivity index is 2.39. The van der Waals surface area contributed by atoms with Crippen LogP contribution in [0.4, 0.5) is 4.39 Å². The van der Waals surface area contributed by atoms with Crippen molar-refractivity contribution in [1.82, 2.24) is 4.90 Å².